The fourth-order valence-electron chi connectivity index (χ4n) is 1.33. The van der Waals surface area contributed by atoms with Crippen LogP contribution in [0.1, 0.15) is 33.1 Å². The lowest BCUT2D eigenvalue weighted by Crippen LogP contribution is -2.40. The summed E-state index contributed by atoms with van der Waals surface area (Å²) in [7, 11) is 0. The first-order valence-electron chi connectivity index (χ1n) is 4.33. The van der Waals surface area contributed by atoms with Gasteiger partial charge in [-0.2, -0.15) is 0 Å². The zero-order chi connectivity index (χ0) is 8.85. The van der Waals surface area contributed by atoms with Crippen molar-refractivity contribution in [3.05, 3.63) is 0 Å². The van der Waals surface area contributed by atoms with Gasteiger partial charge < -0.3 is 11.5 Å². The molecule has 4 N–H and O–H groups in total. The van der Waals surface area contributed by atoms with Crippen molar-refractivity contribution in [2.45, 2.75) is 51.4 Å². The number of nitrogens with two attached hydrogens (primary N) is 2. The average Bonchev–Trinajstić information content (AvgIpc) is 1.88. The van der Waals surface area contributed by atoms with Gasteiger partial charge in [0.1, 0.15) is 6.17 Å². The van der Waals surface area contributed by atoms with Gasteiger partial charge in [-0.1, -0.05) is 13.8 Å². The second-order valence-corrected chi connectivity index (χ2v) is 2.82. The molecule has 1 fully saturated rings. The molecule has 2 unspecified atom stereocenters. The van der Waals surface area contributed by atoms with E-state index in [-0.39, 0.29) is 12.1 Å². The van der Waals surface area contributed by atoms with Gasteiger partial charge >= 0.3 is 0 Å². The van der Waals surface area contributed by atoms with Gasteiger partial charge in [0.25, 0.3) is 0 Å². The number of alkyl halides is 1. The van der Waals surface area contributed by atoms with Crippen molar-refractivity contribution in [2.75, 3.05) is 0 Å². The minimum Gasteiger partial charge on any atom is -0.328 e. The van der Waals surface area contributed by atoms with E-state index in [1.54, 1.807) is 0 Å². The molecule has 2 nitrogen and oxygen atoms in total. The van der Waals surface area contributed by atoms with Gasteiger partial charge in [-0.05, 0) is 19.3 Å². The van der Waals surface area contributed by atoms with Gasteiger partial charge in [0.2, 0.25) is 0 Å². The van der Waals surface area contributed by atoms with Gasteiger partial charge in [-0.15, -0.1) is 0 Å². The highest BCUT2D eigenvalue weighted by Crippen LogP contribution is 2.18. The van der Waals surface area contributed by atoms with Gasteiger partial charge in [0, 0.05) is 12.1 Å². The van der Waals surface area contributed by atoms with Gasteiger partial charge in [0.15, 0.2) is 0 Å². The maximum absolute atomic E-state index is 12.5. The molecule has 0 aromatic carbocycles. The van der Waals surface area contributed by atoms with Crippen molar-refractivity contribution in [2.24, 2.45) is 11.5 Å². The second kappa shape index (κ2) is 5.49. The van der Waals surface area contributed by atoms with Crippen molar-refractivity contribution in [1.82, 2.24) is 0 Å². The van der Waals surface area contributed by atoms with E-state index < -0.39 is 6.17 Å². The van der Waals surface area contributed by atoms with Crippen molar-refractivity contribution in [3.63, 3.8) is 0 Å². The maximum Gasteiger partial charge on any atom is 0.103 e. The van der Waals surface area contributed by atoms with E-state index in [1.165, 1.54) is 0 Å². The topological polar surface area (TPSA) is 52.0 Å². The zero-order valence-corrected chi connectivity index (χ0v) is 7.39. The Bertz CT molecular complexity index is 73.1. The Morgan fingerprint density at radius 2 is 1.36 bits per heavy atom. The van der Waals surface area contributed by atoms with E-state index >= 15 is 0 Å². The van der Waals surface area contributed by atoms with Crippen molar-refractivity contribution in [3.8, 4) is 0 Å². The SMILES string of the molecule is CC.NC1CC(N)CC(F)C1. The van der Waals surface area contributed by atoms with Crippen LogP contribution in [-0.2, 0) is 0 Å². The van der Waals surface area contributed by atoms with Crippen LogP contribution in [0.15, 0.2) is 0 Å². The summed E-state index contributed by atoms with van der Waals surface area (Å²) >= 11 is 0. The first-order valence-corrected chi connectivity index (χ1v) is 4.33. The highest BCUT2D eigenvalue weighted by atomic mass is 19.1. The fourth-order valence-corrected chi connectivity index (χ4v) is 1.33. The molecule has 0 heterocycles. The van der Waals surface area contributed by atoms with Crippen LogP contribution in [0, 0.1) is 0 Å². The Labute approximate surface area is 68.1 Å². The molecule has 11 heavy (non-hydrogen) atoms. The van der Waals surface area contributed by atoms with Crippen LogP contribution in [0.2, 0.25) is 0 Å². The minimum atomic E-state index is -0.760. The predicted molar refractivity (Wildman–Crippen MR) is 46.0 cm³/mol. The number of hydrogen-bond acceptors (Lipinski definition) is 2. The van der Waals surface area contributed by atoms with Crippen LogP contribution < -0.4 is 11.5 Å². The lowest BCUT2D eigenvalue weighted by Gasteiger charge is -2.25. The normalized spacial score (nSPS) is 37.4. The molecular weight excluding hydrogens is 143 g/mol. The molecule has 68 valence electrons. The third-order valence-corrected chi connectivity index (χ3v) is 1.72. The van der Waals surface area contributed by atoms with E-state index in [4.69, 9.17) is 11.5 Å². The largest absolute Gasteiger partial charge is 0.328 e. The molecule has 1 saturated carbocycles. The summed E-state index contributed by atoms with van der Waals surface area (Å²) in [6, 6.07) is -0.0208. The Morgan fingerprint density at radius 3 is 1.64 bits per heavy atom. The minimum absolute atomic E-state index is 0.0104. The molecule has 1 aliphatic carbocycles. The molecule has 1 aliphatic rings. The highest BCUT2D eigenvalue weighted by Gasteiger charge is 2.23. The van der Waals surface area contributed by atoms with Crippen LogP contribution in [0.5, 0.6) is 0 Å². The lowest BCUT2D eigenvalue weighted by molar-refractivity contribution is 0.214. The molecule has 3 heteroatoms. The van der Waals surface area contributed by atoms with E-state index in [0.29, 0.717) is 12.8 Å². The smallest absolute Gasteiger partial charge is 0.103 e. The quantitative estimate of drug-likeness (QED) is 0.562. The predicted octanol–water partition coefficient (Wildman–Crippen LogP) is 1.19. The molecule has 0 aromatic heterocycles. The zero-order valence-electron chi connectivity index (χ0n) is 7.39. The fraction of sp³-hybridized carbons (Fsp3) is 1.00. The Kier molecular flexibility index (Phi) is 5.42. The summed E-state index contributed by atoms with van der Waals surface area (Å²) in [6.07, 6.45) is 1.01. The molecule has 0 radical (unpaired) electrons. The molecule has 0 bridgehead atoms. The summed E-state index contributed by atoms with van der Waals surface area (Å²) in [6.45, 7) is 4.00. The molecular formula is C8H19FN2. The van der Waals surface area contributed by atoms with E-state index in [9.17, 15) is 4.39 Å². The molecule has 0 amide bonds. The number of hydrogen-bond donors (Lipinski definition) is 2. The Balaban J connectivity index is 0.000000461. The molecule has 0 saturated heterocycles. The molecule has 0 aromatic rings. The summed E-state index contributed by atoms with van der Waals surface area (Å²) in [5.41, 5.74) is 11.0. The molecule has 1 rings (SSSR count). The summed E-state index contributed by atoms with van der Waals surface area (Å²) in [4.78, 5) is 0. The van der Waals surface area contributed by atoms with E-state index in [1.807, 2.05) is 13.8 Å². The Morgan fingerprint density at radius 1 is 1.00 bits per heavy atom. The van der Waals surface area contributed by atoms with Crippen molar-refractivity contribution < 1.29 is 4.39 Å². The standard InChI is InChI=1S/C6H13FN2.C2H6/c7-4-1-5(8)3-6(9)2-4;1-2/h4-6H,1-3,8-9H2;1-2H3. The van der Waals surface area contributed by atoms with Gasteiger partial charge in [0.05, 0.1) is 0 Å². The van der Waals surface area contributed by atoms with Gasteiger partial charge in [-0.3, -0.25) is 0 Å². The van der Waals surface area contributed by atoms with Gasteiger partial charge in [-0.25, -0.2) is 4.39 Å². The summed E-state index contributed by atoms with van der Waals surface area (Å²) in [5.74, 6) is 0. The molecule has 2 atom stereocenters. The monoisotopic (exact) mass is 162 g/mol. The summed E-state index contributed by atoms with van der Waals surface area (Å²) in [5, 5.41) is 0. The van der Waals surface area contributed by atoms with Crippen LogP contribution in [0.25, 0.3) is 0 Å². The molecule has 0 spiro atoms. The van der Waals surface area contributed by atoms with Crippen molar-refractivity contribution >= 4 is 0 Å². The number of rotatable bonds is 0. The van der Waals surface area contributed by atoms with Crippen molar-refractivity contribution in [1.29, 1.82) is 0 Å². The summed E-state index contributed by atoms with van der Waals surface area (Å²) < 4.78 is 12.5. The average molecular weight is 162 g/mol. The highest BCUT2D eigenvalue weighted by molar-refractivity contribution is 4.82. The van der Waals surface area contributed by atoms with Crippen LogP contribution >= 0.6 is 0 Å². The first-order chi connectivity index (χ1) is 5.18. The van der Waals surface area contributed by atoms with Crippen LogP contribution in [0.4, 0.5) is 4.39 Å². The maximum atomic E-state index is 12.5. The van der Waals surface area contributed by atoms with Crippen LogP contribution in [0.3, 0.4) is 0 Å². The molecule has 0 aliphatic heterocycles. The van der Waals surface area contributed by atoms with E-state index in [2.05, 4.69) is 0 Å². The van der Waals surface area contributed by atoms with Crippen LogP contribution in [-0.4, -0.2) is 18.3 Å². The van der Waals surface area contributed by atoms with E-state index in [0.717, 1.165) is 6.42 Å². The first kappa shape index (κ1) is 10.8. The Hall–Kier alpha value is -0.150. The number of halogens is 1. The lowest BCUT2D eigenvalue weighted by atomic mass is 9.91. The third kappa shape index (κ3) is 4.32. The second-order valence-electron chi connectivity index (χ2n) is 2.82. The third-order valence-electron chi connectivity index (χ3n) is 1.72.